The molecule has 2 bridgehead atoms. The zero-order valence-corrected chi connectivity index (χ0v) is 8.25. The highest BCUT2D eigenvalue weighted by Gasteiger charge is 2.36. The lowest BCUT2D eigenvalue weighted by atomic mass is 9.69. The van der Waals surface area contributed by atoms with E-state index in [9.17, 15) is 0 Å². The van der Waals surface area contributed by atoms with Gasteiger partial charge >= 0.3 is 0 Å². The lowest BCUT2D eigenvalue weighted by molar-refractivity contribution is -0.0802. The van der Waals surface area contributed by atoms with Crippen LogP contribution in [0.3, 0.4) is 0 Å². The van der Waals surface area contributed by atoms with Gasteiger partial charge in [0.25, 0.3) is 0 Å². The van der Waals surface area contributed by atoms with Gasteiger partial charge in [-0.25, -0.2) is 0 Å². The van der Waals surface area contributed by atoms with Crippen molar-refractivity contribution in [2.45, 2.75) is 58.2 Å². The summed E-state index contributed by atoms with van der Waals surface area (Å²) in [5.41, 5.74) is 0. The third-order valence-corrected chi connectivity index (χ3v) is 3.43. The molecule has 3 saturated carbocycles. The Bertz CT molecular complexity index is 143. The minimum absolute atomic E-state index is 0.425. The summed E-state index contributed by atoms with van der Waals surface area (Å²) in [6.45, 7) is 4.31. The van der Waals surface area contributed by atoms with Crippen LogP contribution in [0.2, 0.25) is 0 Å². The lowest BCUT2D eigenvalue weighted by Gasteiger charge is -2.42. The van der Waals surface area contributed by atoms with Crippen molar-refractivity contribution in [3.8, 4) is 0 Å². The van der Waals surface area contributed by atoms with Gasteiger partial charge in [0, 0.05) is 0 Å². The van der Waals surface area contributed by atoms with Crippen LogP contribution in [0.25, 0.3) is 0 Å². The molecule has 1 atom stereocenters. The van der Waals surface area contributed by atoms with Crippen molar-refractivity contribution < 1.29 is 4.74 Å². The Morgan fingerprint density at radius 3 is 2.17 bits per heavy atom. The van der Waals surface area contributed by atoms with Crippen molar-refractivity contribution in [2.24, 2.45) is 11.8 Å². The molecule has 0 aromatic rings. The lowest BCUT2D eigenvalue weighted by Crippen LogP contribution is -2.38. The van der Waals surface area contributed by atoms with E-state index in [1.165, 1.54) is 32.1 Å². The van der Waals surface area contributed by atoms with Crippen LogP contribution in [0, 0.1) is 11.8 Å². The molecular formula is C11H20O. The average Bonchev–Trinajstić information content (AvgIpc) is 2.05. The summed E-state index contributed by atoms with van der Waals surface area (Å²) in [5, 5.41) is 0. The summed E-state index contributed by atoms with van der Waals surface area (Å²) in [6.07, 6.45) is 8.20. The largest absolute Gasteiger partial charge is 0.375 e. The van der Waals surface area contributed by atoms with E-state index in [4.69, 9.17) is 4.74 Å². The smallest absolute Gasteiger partial charge is 0.0609 e. The molecule has 3 rings (SSSR count). The topological polar surface area (TPSA) is 9.23 Å². The van der Waals surface area contributed by atoms with Crippen LogP contribution in [0.1, 0.15) is 46.0 Å². The second kappa shape index (κ2) is 3.37. The second-order valence-electron chi connectivity index (χ2n) is 4.74. The van der Waals surface area contributed by atoms with Crippen LogP contribution >= 0.6 is 0 Å². The molecule has 0 heterocycles. The molecule has 3 aliphatic rings. The fourth-order valence-electron chi connectivity index (χ4n) is 2.83. The maximum Gasteiger partial charge on any atom is 0.0609 e. The van der Waals surface area contributed by atoms with E-state index in [1.54, 1.807) is 0 Å². The summed E-state index contributed by atoms with van der Waals surface area (Å²) in [6, 6.07) is 0. The molecular weight excluding hydrogens is 148 g/mol. The van der Waals surface area contributed by atoms with Gasteiger partial charge in [-0.3, -0.25) is 0 Å². The first kappa shape index (κ1) is 8.55. The molecule has 1 nitrogen and oxygen atoms in total. The molecule has 12 heavy (non-hydrogen) atoms. The first-order valence-corrected chi connectivity index (χ1v) is 5.41. The van der Waals surface area contributed by atoms with Gasteiger partial charge in [-0.2, -0.15) is 0 Å². The third kappa shape index (κ3) is 1.66. The van der Waals surface area contributed by atoms with E-state index in [0.717, 1.165) is 11.8 Å². The van der Waals surface area contributed by atoms with Crippen LogP contribution in [0.4, 0.5) is 0 Å². The Morgan fingerprint density at radius 2 is 1.75 bits per heavy atom. The van der Waals surface area contributed by atoms with Gasteiger partial charge in [-0.05, 0) is 57.8 Å². The Kier molecular flexibility index (Phi) is 2.40. The summed E-state index contributed by atoms with van der Waals surface area (Å²) >= 11 is 0. The predicted octanol–water partition coefficient (Wildman–Crippen LogP) is 2.99. The molecule has 0 spiro atoms. The highest BCUT2D eigenvalue weighted by atomic mass is 16.5. The molecule has 1 unspecified atom stereocenters. The molecule has 1 heteroatoms. The van der Waals surface area contributed by atoms with Crippen molar-refractivity contribution in [2.75, 3.05) is 0 Å². The number of fused-ring (bicyclic) bond motifs is 3. The van der Waals surface area contributed by atoms with E-state index in [2.05, 4.69) is 13.8 Å². The van der Waals surface area contributed by atoms with Gasteiger partial charge in [-0.1, -0.05) is 0 Å². The zero-order valence-electron chi connectivity index (χ0n) is 8.25. The first-order valence-electron chi connectivity index (χ1n) is 5.41. The third-order valence-electron chi connectivity index (χ3n) is 3.43. The van der Waals surface area contributed by atoms with Crippen molar-refractivity contribution >= 4 is 0 Å². The van der Waals surface area contributed by atoms with Gasteiger partial charge in [0.05, 0.1) is 12.2 Å². The van der Waals surface area contributed by atoms with E-state index >= 15 is 0 Å². The Hall–Kier alpha value is -0.0400. The molecule has 0 aliphatic heterocycles. The summed E-state index contributed by atoms with van der Waals surface area (Å²) in [4.78, 5) is 0. The fourth-order valence-corrected chi connectivity index (χ4v) is 2.83. The van der Waals surface area contributed by atoms with Gasteiger partial charge in [0.2, 0.25) is 0 Å². The highest BCUT2D eigenvalue weighted by Crippen LogP contribution is 2.42. The minimum Gasteiger partial charge on any atom is -0.375 e. The van der Waals surface area contributed by atoms with Crippen molar-refractivity contribution in [3.05, 3.63) is 0 Å². The highest BCUT2D eigenvalue weighted by molar-refractivity contribution is 4.87. The second-order valence-corrected chi connectivity index (χ2v) is 4.74. The Balaban J connectivity index is 1.91. The number of hydrogen-bond acceptors (Lipinski definition) is 1. The minimum atomic E-state index is 0.425. The number of rotatable bonds is 2. The Morgan fingerprint density at radius 1 is 1.08 bits per heavy atom. The molecule has 0 amide bonds. The first-order chi connectivity index (χ1) is 5.75. The molecule has 0 radical (unpaired) electrons. The molecule has 0 aromatic carbocycles. The molecule has 3 aliphatic carbocycles. The van der Waals surface area contributed by atoms with Crippen molar-refractivity contribution in [3.63, 3.8) is 0 Å². The summed E-state index contributed by atoms with van der Waals surface area (Å²) in [5.74, 6) is 1.90. The van der Waals surface area contributed by atoms with Crippen LogP contribution in [-0.2, 0) is 4.74 Å². The standard InChI is InChI=1S/C11H20O/c1-8(2)12-11-7-9-3-5-10(11)6-4-9/h8-11H,3-7H2,1-2H3. The summed E-state index contributed by atoms with van der Waals surface area (Å²) in [7, 11) is 0. The quantitative estimate of drug-likeness (QED) is 0.616. The van der Waals surface area contributed by atoms with Crippen LogP contribution < -0.4 is 0 Å². The SMILES string of the molecule is CC(C)OC1CC2CCC1CC2. The predicted molar refractivity (Wildman–Crippen MR) is 50.1 cm³/mol. The van der Waals surface area contributed by atoms with Gasteiger partial charge in [0.15, 0.2) is 0 Å². The van der Waals surface area contributed by atoms with E-state index in [1.807, 2.05) is 0 Å². The van der Waals surface area contributed by atoms with Gasteiger partial charge in [-0.15, -0.1) is 0 Å². The van der Waals surface area contributed by atoms with Crippen LogP contribution in [0.5, 0.6) is 0 Å². The maximum absolute atomic E-state index is 5.93. The number of ether oxygens (including phenoxy) is 1. The molecule has 0 aromatic heterocycles. The van der Waals surface area contributed by atoms with E-state index in [0.29, 0.717) is 12.2 Å². The Labute approximate surface area is 75.5 Å². The monoisotopic (exact) mass is 168 g/mol. The normalized spacial score (nSPS) is 40.8. The maximum atomic E-state index is 5.93. The van der Waals surface area contributed by atoms with Gasteiger partial charge < -0.3 is 4.74 Å². The molecule has 0 N–H and O–H groups in total. The molecule has 0 saturated heterocycles. The van der Waals surface area contributed by atoms with Crippen LogP contribution in [0.15, 0.2) is 0 Å². The van der Waals surface area contributed by atoms with E-state index < -0.39 is 0 Å². The average molecular weight is 168 g/mol. The fraction of sp³-hybridized carbons (Fsp3) is 1.00. The van der Waals surface area contributed by atoms with Gasteiger partial charge in [0.1, 0.15) is 0 Å². The van der Waals surface area contributed by atoms with Crippen LogP contribution in [-0.4, -0.2) is 12.2 Å². The van der Waals surface area contributed by atoms with E-state index in [-0.39, 0.29) is 0 Å². The van der Waals surface area contributed by atoms with Crippen molar-refractivity contribution in [1.29, 1.82) is 0 Å². The number of hydrogen-bond donors (Lipinski definition) is 0. The summed E-state index contributed by atoms with van der Waals surface area (Å²) < 4.78 is 5.93. The molecule has 70 valence electrons. The zero-order chi connectivity index (χ0) is 8.55. The van der Waals surface area contributed by atoms with Crippen molar-refractivity contribution in [1.82, 2.24) is 0 Å². The molecule has 3 fully saturated rings.